The average Bonchev–Trinajstić information content (AvgIpc) is 2.38. The summed E-state index contributed by atoms with van der Waals surface area (Å²) in [6.45, 7) is 13.3. The highest BCUT2D eigenvalue weighted by molar-refractivity contribution is 5.79. The van der Waals surface area contributed by atoms with E-state index in [-0.39, 0.29) is 16.3 Å². The molecule has 0 atom stereocenters. The maximum absolute atomic E-state index is 12.6. The van der Waals surface area contributed by atoms with Crippen molar-refractivity contribution in [2.24, 2.45) is 10.8 Å². The molecule has 0 amide bonds. The van der Waals surface area contributed by atoms with Gasteiger partial charge < -0.3 is 0 Å². The third-order valence-electron chi connectivity index (χ3n) is 3.04. The summed E-state index contributed by atoms with van der Waals surface area (Å²) in [6, 6.07) is 7.60. The highest BCUT2D eigenvalue weighted by atomic mass is 16.1. The molecule has 0 aliphatic rings. The van der Waals surface area contributed by atoms with Crippen molar-refractivity contribution < 1.29 is 0 Å². The molecule has 0 spiro atoms. The number of hydrogen-bond acceptors (Lipinski definition) is 2. The second-order valence-electron chi connectivity index (χ2n) is 7.91. The van der Waals surface area contributed by atoms with Gasteiger partial charge in [-0.25, -0.2) is 0 Å². The van der Waals surface area contributed by atoms with E-state index in [0.717, 1.165) is 12.1 Å². The van der Waals surface area contributed by atoms with Gasteiger partial charge in [-0.2, -0.15) is 5.10 Å². The van der Waals surface area contributed by atoms with Crippen LogP contribution in [0.2, 0.25) is 0 Å². The first-order valence-electron chi connectivity index (χ1n) is 7.60. The Morgan fingerprint density at radius 1 is 1.09 bits per heavy atom. The number of aromatic nitrogens is 2. The Hall–Kier alpha value is -2.08. The molecule has 0 unspecified atom stereocenters. The summed E-state index contributed by atoms with van der Waals surface area (Å²) in [7, 11) is 0. The highest BCUT2D eigenvalue weighted by Gasteiger charge is 2.16. The minimum absolute atomic E-state index is 0.0690. The van der Waals surface area contributed by atoms with Gasteiger partial charge in [0.25, 0.3) is 0 Å². The van der Waals surface area contributed by atoms with Crippen LogP contribution in [0, 0.1) is 22.7 Å². The Kier molecular flexibility index (Phi) is 4.15. The van der Waals surface area contributed by atoms with E-state index in [2.05, 4.69) is 37.7 Å². The Morgan fingerprint density at radius 2 is 1.73 bits per heavy atom. The minimum Gasteiger partial charge on any atom is -0.286 e. The molecule has 0 saturated carbocycles. The largest absolute Gasteiger partial charge is 0.286 e. The number of rotatable bonds is 1. The lowest BCUT2D eigenvalue weighted by atomic mass is 9.96. The maximum Gasteiger partial charge on any atom is 0.223 e. The van der Waals surface area contributed by atoms with Crippen molar-refractivity contribution in [3.8, 4) is 11.8 Å². The molecular weight excluding hydrogens is 272 g/mol. The smallest absolute Gasteiger partial charge is 0.223 e. The fourth-order valence-electron chi connectivity index (χ4n) is 2.14. The zero-order chi connectivity index (χ0) is 16.5. The zero-order valence-electron chi connectivity index (χ0n) is 14.3. The van der Waals surface area contributed by atoms with Crippen molar-refractivity contribution in [3.63, 3.8) is 0 Å². The first-order chi connectivity index (χ1) is 10.1. The number of nitrogens with zero attached hydrogens (tertiary/aromatic N) is 2. The van der Waals surface area contributed by atoms with Gasteiger partial charge >= 0.3 is 0 Å². The molecule has 116 valence electrons. The SMILES string of the molecule is CC(C)(C)C#Cc1nn(CC(C)(C)C)c2ccccc2c1=O. The van der Waals surface area contributed by atoms with Crippen LogP contribution in [0.3, 0.4) is 0 Å². The molecule has 1 heterocycles. The summed E-state index contributed by atoms with van der Waals surface area (Å²) in [5.41, 5.74) is 1.02. The van der Waals surface area contributed by atoms with E-state index in [0.29, 0.717) is 11.1 Å². The molecule has 2 rings (SSSR count). The molecule has 1 aromatic carbocycles. The second-order valence-corrected chi connectivity index (χ2v) is 7.91. The van der Waals surface area contributed by atoms with Crippen LogP contribution in [-0.2, 0) is 6.54 Å². The van der Waals surface area contributed by atoms with Gasteiger partial charge in [0.1, 0.15) is 0 Å². The molecule has 0 N–H and O–H groups in total. The van der Waals surface area contributed by atoms with Gasteiger partial charge in [0.2, 0.25) is 5.43 Å². The molecule has 1 aromatic heterocycles. The summed E-state index contributed by atoms with van der Waals surface area (Å²) < 4.78 is 1.91. The Labute approximate surface area is 132 Å². The van der Waals surface area contributed by atoms with Gasteiger partial charge in [0, 0.05) is 12.0 Å². The van der Waals surface area contributed by atoms with Crippen LogP contribution in [0.4, 0.5) is 0 Å². The number of fused-ring (bicyclic) bond motifs is 1. The van der Waals surface area contributed by atoms with Gasteiger partial charge in [-0.3, -0.25) is 9.48 Å². The highest BCUT2D eigenvalue weighted by Crippen LogP contribution is 2.19. The third kappa shape index (κ3) is 3.98. The fraction of sp³-hybridized carbons (Fsp3) is 0.474. The van der Waals surface area contributed by atoms with E-state index in [4.69, 9.17) is 0 Å². The molecule has 22 heavy (non-hydrogen) atoms. The van der Waals surface area contributed by atoms with Crippen LogP contribution in [0.5, 0.6) is 0 Å². The van der Waals surface area contributed by atoms with E-state index < -0.39 is 0 Å². The van der Waals surface area contributed by atoms with E-state index in [1.165, 1.54) is 0 Å². The quantitative estimate of drug-likeness (QED) is 0.749. The Morgan fingerprint density at radius 3 is 2.32 bits per heavy atom. The van der Waals surface area contributed by atoms with Gasteiger partial charge in [-0.1, -0.05) is 38.8 Å². The standard InChI is InChI=1S/C19H24N2O/c1-18(2,3)12-11-15-17(22)14-9-7-8-10-16(14)21(20-15)13-19(4,5)6/h7-10H,13H2,1-6H3. The predicted octanol–water partition coefficient (Wildman–Crippen LogP) is 3.84. The zero-order valence-corrected chi connectivity index (χ0v) is 14.3. The van der Waals surface area contributed by atoms with Crippen molar-refractivity contribution in [2.75, 3.05) is 0 Å². The van der Waals surface area contributed by atoms with E-state index in [1.54, 1.807) is 0 Å². The van der Waals surface area contributed by atoms with Crippen molar-refractivity contribution in [3.05, 3.63) is 40.2 Å². The minimum atomic E-state index is -0.158. The van der Waals surface area contributed by atoms with Crippen LogP contribution in [-0.4, -0.2) is 9.78 Å². The van der Waals surface area contributed by atoms with Gasteiger partial charge in [-0.05, 0) is 44.2 Å². The first kappa shape index (κ1) is 16.3. The summed E-state index contributed by atoms with van der Waals surface area (Å²) in [4.78, 5) is 12.6. The molecule has 2 aromatic rings. The molecule has 0 bridgehead atoms. The Balaban J connectivity index is 2.71. The lowest BCUT2D eigenvalue weighted by Gasteiger charge is -2.21. The molecule has 0 aliphatic heterocycles. The van der Waals surface area contributed by atoms with Crippen molar-refractivity contribution in [1.82, 2.24) is 9.78 Å². The first-order valence-corrected chi connectivity index (χ1v) is 7.60. The van der Waals surface area contributed by atoms with Gasteiger partial charge in [0.15, 0.2) is 5.69 Å². The van der Waals surface area contributed by atoms with E-state index in [9.17, 15) is 4.79 Å². The van der Waals surface area contributed by atoms with E-state index in [1.807, 2.05) is 49.7 Å². The van der Waals surface area contributed by atoms with Crippen LogP contribution >= 0.6 is 0 Å². The molecule has 0 aliphatic carbocycles. The normalized spacial score (nSPS) is 12.1. The lowest BCUT2D eigenvalue weighted by Crippen LogP contribution is -2.23. The number of benzene rings is 1. The third-order valence-corrected chi connectivity index (χ3v) is 3.04. The fourth-order valence-corrected chi connectivity index (χ4v) is 2.14. The predicted molar refractivity (Wildman–Crippen MR) is 91.8 cm³/mol. The summed E-state index contributed by atoms with van der Waals surface area (Å²) >= 11 is 0. The topological polar surface area (TPSA) is 34.9 Å². The molecule has 0 radical (unpaired) electrons. The van der Waals surface area contributed by atoms with Crippen molar-refractivity contribution in [1.29, 1.82) is 0 Å². The van der Waals surface area contributed by atoms with Crippen LogP contribution in [0.1, 0.15) is 47.2 Å². The monoisotopic (exact) mass is 296 g/mol. The van der Waals surface area contributed by atoms with Crippen LogP contribution in [0.15, 0.2) is 29.1 Å². The van der Waals surface area contributed by atoms with Crippen molar-refractivity contribution in [2.45, 2.75) is 48.1 Å². The number of hydrogen-bond donors (Lipinski definition) is 0. The summed E-state index contributed by atoms with van der Waals surface area (Å²) in [5.74, 6) is 6.08. The maximum atomic E-state index is 12.6. The van der Waals surface area contributed by atoms with Crippen LogP contribution in [0.25, 0.3) is 10.9 Å². The summed E-state index contributed by atoms with van der Waals surface area (Å²) in [6.07, 6.45) is 0. The Bertz CT molecular complexity index is 806. The molecule has 0 fully saturated rings. The molecule has 0 saturated heterocycles. The van der Waals surface area contributed by atoms with Crippen molar-refractivity contribution >= 4 is 10.9 Å². The van der Waals surface area contributed by atoms with Gasteiger partial charge in [-0.15, -0.1) is 0 Å². The van der Waals surface area contributed by atoms with E-state index >= 15 is 0 Å². The van der Waals surface area contributed by atoms with Gasteiger partial charge in [0.05, 0.1) is 10.9 Å². The number of para-hydroxylation sites is 1. The molecular formula is C19H24N2O. The lowest BCUT2D eigenvalue weighted by molar-refractivity contribution is 0.329. The van der Waals surface area contributed by atoms with Crippen LogP contribution < -0.4 is 5.43 Å². The summed E-state index contributed by atoms with van der Waals surface area (Å²) in [5, 5.41) is 5.20. The second kappa shape index (κ2) is 5.61. The average molecular weight is 296 g/mol. The molecule has 3 heteroatoms. The molecule has 3 nitrogen and oxygen atoms in total.